The molecular formula is C48H27BN2S4. The zero-order valence-electron chi connectivity index (χ0n) is 29.2. The number of rotatable bonds is 2. The third kappa shape index (κ3) is 4.38. The molecule has 1 aromatic heterocycles. The lowest BCUT2D eigenvalue weighted by molar-refractivity contribution is 1.14. The van der Waals surface area contributed by atoms with Gasteiger partial charge in [-0.3, -0.25) is 0 Å². The maximum atomic E-state index is 2.67. The number of hydrogen-bond acceptors (Lipinski definition) is 6. The topological polar surface area (TPSA) is 6.48 Å². The predicted octanol–water partition coefficient (Wildman–Crippen LogP) is 13.5. The minimum absolute atomic E-state index is 0.0293. The molecule has 5 heterocycles. The van der Waals surface area contributed by atoms with Crippen LogP contribution < -0.4 is 20.6 Å². The SMILES string of the molecule is c1ccc(-c2ccc(N3B4c5cccc6c5N(c5ccccc5S6)c5cc6c(sc7ccccc76)c(c54)-c4cc5c(cc43)Sc3ccccc3S5)cc2)cc1. The van der Waals surface area contributed by atoms with Gasteiger partial charge in [-0.1, -0.05) is 132 Å². The van der Waals surface area contributed by atoms with Crippen molar-refractivity contribution in [2.24, 2.45) is 0 Å². The van der Waals surface area contributed by atoms with Gasteiger partial charge in [-0.2, -0.15) is 0 Å². The van der Waals surface area contributed by atoms with E-state index in [0.29, 0.717) is 0 Å². The fraction of sp³-hybridized carbons (Fsp3) is 0. The summed E-state index contributed by atoms with van der Waals surface area (Å²) < 4.78 is 2.70. The number of fused-ring (bicyclic) bond motifs is 12. The highest BCUT2D eigenvalue weighted by Gasteiger charge is 2.48. The molecule has 9 aromatic rings. The van der Waals surface area contributed by atoms with E-state index in [-0.39, 0.29) is 6.85 Å². The summed E-state index contributed by atoms with van der Waals surface area (Å²) in [6.45, 7) is -0.0293. The van der Waals surface area contributed by atoms with Crippen LogP contribution in [0.2, 0.25) is 0 Å². The van der Waals surface area contributed by atoms with Crippen molar-refractivity contribution in [3.63, 3.8) is 0 Å². The molecule has 0 amide bonds. The van der Waals surface area contributed by atoms with E-state index in [1.165, 1.54) is 111 Å². The second kappa shape index (κ2) is 11.6. The Morgan fingerprint density at radius 2 is 1.13 bits per heavy atom. The average Bonchev–Trinajstić information content (AvgIpc) is 3.62. The zero-order valence-corrected chi connectivity index (χ0v) is 32.5. The second-order valence-electron chi connectivity index (χ2n) is 14.4. The lowest BCUT2D eigenvalue weighted by Crippen LogP contribution is -2.62. The third-order valence-electron chi connectivity index (χ3n) is 11.5. The summed E-state index contributed by atoms with van der Waals surface area (Å²) in [6, 6.07) is 61.3. The first-order chi connectivity index (χ1) is 27.3. The van der Waals surface area contributed by atoms with Crippen molar-refractivity contribution in [1.82, 2.24) is 0 Å². The number of thiophene rings is 1. The van der Waals surface area contributed by atoms with E-state index in [0.717, 1.165) is 0 Å². The van der Waals surface area contributed by atoms with E-state index >= 15 is 0 Å². The normalized spacial score (nSPS) is 14.2. The van der Waals surface area contributed by atoms with E-state index < -0.39 is 0 Å². The Bertz CT molecular complexity index is 3100. The fourth-order valence-electron chi connectivity index (χ4n) is 9.15. The van der Waals surface area contributed by atoms with Crippen molar-refractivity contribution in [3.05, 3.63) is 164 Å². The van der Waals surface area contributed by atoms with Crippen LogP contribution >= 0.6 is 46.6 Å². The summed E-state index contributed by atoms with van der Waals surface area (Å²) in [5, 5.41) is 2.66. The zero-order chi connectivity index (χ0) is 35.8. The van der Waals surface area contributed by atoms with Crippen molar-refractivity contribution in [2.45, 2.75) is 29.4 Å². The summed E-state index contributed by atoms with van der Waals surface area (Å²) >= 11 is 7.66. The first kappa shape index (κ1) is 31.0. The van der Waals surface area contributed by atoms with Gasteiger partial charge < -0.3 is 9.71 Å². The molecule has 8 aromatic carbocycles. The molecule has 0 spiro atoms. The van der Waals surface area contributed by atoms with E-state index in [4.69, 9.17) is 0 Å². The molecule has 13 rings (SSSR count). The highest BCUT2D eigenvalue weighted by Crippen LogP contribution is 2.58. The second-order valence-corrected chi connectivity index (χ2v) is 18.7. The minimum Gasteiger partial charge on any atom is -0.376 e. The molecule has 2 nitrogen and oxygen atoms in total. The molecule has 0 saturated carbocycles. The lowest BCUT2D eigenvalue weighted by Gasteiger charge is -2.47. The summed E-state index contributed by atoms with van der Waals surface area (Å²) in [4.78, 5) is 13.2. The van der Waals surface area contributed by atoms with Gasteiger partial charge in [0.1, 0.15) is 0 Å². The highest BCUT2D eigenvalue weighted by molar-refractivity contribution is 8.05. The molecule has 256 valence electrons. The molecule has 0 aliphatic carbocycles. The molecule has 0 saturated heterocycles. The lowest BCUT2D eigenvalue weighted by atomic mass is 9.43. The Hall–Kier alpha value is -5.31. The molecule has 4 aliphatic heterocycles. The fourth-order valence-corrected chi connectivity index (χ4v) is 13.8. The molecule has 0 radical (unpaired) electrons. The first-order valence-electron chi connectivity index (χ1n) is 18.5. The Kier molecular flexibility index (Phi) is 6.53. The molecular weight excluding hydrogens is 744 g/mol. The third-order valence-corrected chi connectivity index (χ3v) is 16.3. The minimum atomic E-state index is -0.0293. The van der Waals surface area contributed by atoms with Gasteiger partial charge in [-0.15, -0.1) is 11.3 Å². The maximum absolute atomic E-state index is 2.67. The molecule has 55 heavy (non-hydrogen) atoms. The van der Waals surface area contributed by atoms with Gasteiger partial charge in [-0.05, 0) is 88.8 Å². The summed E-state index contributed by atoms with van der Waals surface area (Å²) in [5.74, 6) is 0. The number of hydrogen-bond donors (Lipinski definition) is 0. The highest BCUT2D eigenvalue weighted by atomic mass is 32.2. The summed E-state index contributed by atoms with van der Waals surface area (Å²) in [6.07, 6.45) is 0. The van der Waals surface area contributed by atoms with E-state index in [2.05, 4.69) is 174 Å². The van der Waals surface area contributed by atoms with Gasteiger partial charge in [0.15, 0.2) is 0 Å². The van der Waals surface area contributed by atoms with Crippen LogP contribution in [0.1, 0.15) is 0 Å². The van der Waals surface area contributed by atoms with Gasteiger partial charge in [0, 0.05) is 77.7 Å². The van der Waals surface area contributed by atoms with Crippen LogP contribution in [0.25, 0.3) is 42.4 Å². The van der Waals surface area contributed by atoms with Crippen molar-refractivity contribution in [1.29, 1.82) is 0 Å². The summed E-state index contributed by atoms with van der Waals surface area (Å²) in [7, 11) is 0. The number of anilines is 5. The first-order valence-corrected chi connectivity index (χ1v) is 21.8. The van der Waals surface area contributed by atoms with Crippen LogP contribution in [-0.2, 0) is 0 Å². The van der Waals surface area contributed by atoms with Crippen LogP contribution in [0.4, 0.5) is 28.4 Å². The number of para-hydroxylation sites is 2. The van der Waals surface area contributed by atoms with Gasteiger partial charge in [0.05, 0.1) is 11.4 Å². The Balaban J connectivity index is 1.16. The molecule has 4 aliphatic rings. The molecule has 0 atom stereocenters. The summed E-state index contributed by atoms with van der Waals surface area (Å²) in [5.41, 5.74) is 14.2. The smallest absolute Gasteiger partial charge is 0.333 e. The van der Waals surface area contributed by atoms with Crippen molar-refractivity contribution in [2.75, 3.05) is 9.71 Å². The van der Waals surface area contributed by atoms with Gasteiger partial charge >= 0.3 is 6.85 Å². The number of nitrogens with zero attached hydrogens (tertiary/aromatic N) is 2. The quantitative estimate of drug-likeness (QED) is 0.161. The van der Waals surface area contributed by atoms with Crippen LogP contribution in [0.3, 0.4) is 0 Å². The molecule has 0 fully saturated rings. The van der Waals surface area contributed by atoms with Crippen LogP contribution in [0.5, 0.6) is 0 Å². The standard InChI is InChI=1S/C48H27BN2S4/c1-2-11-28(12-3-1)29-21-23-30(24-22-29)51-36-27-44-43(53-40-18-8-9-19-41(40)54-44)26-33(36)45-46-37(25-32-31-13-4-6-16-38(31)55-48(32)45)50-35-15-5-7-17-39(35)52-42-20-10-14-34(47(42)50)49(46)51/h1-27H. The van der Waals surface area contributed by atoms with Gasteiger partial charge in [-0.25, -0.2) is 0 Å². The Labute approximate surface area is 335 Å². The van der Waals surface area contributed by atoms with Crippen LogP contribution in [0, 0.1) is 0 Å². The van der Waals surface area contributed by atoms with Crippen molar-refractivity contribution < 1.29 is 0 Å². The molecule has 0 bridgehead atoms. The van der Waals surface area contributed by atoms with Crippen molar-refractivity contribution in [3.8, 4) is 22.3 Å². The molecule has 0 N–H and O–H groups in total. The van der Waals surface area contributed by atoms with E-state index in [9.17, 15) is 0 Å². The Morgan fingerprint density at radius 1 is 0.455 bits per heavy atom. The largest absolute Gasteiger partial charge is 0.376 e. The van der Waals surface area contributed by atoms with Crippen LogP contribution in [0.15, 0.2) is 193 Å². The molecule has 0 unspecified atom stereocenters. The van der Waals surface area contributed by atoms with Gasteiger partial charge in [0.25, 0.3) is 0 Å². The van der Waals surface area contributed by atoms with Crippen LogP contribution in [-0.4, -0.2) is 6.85 Å². The monoisotopic (exact) mass is 770 g/mol. The predicted molar refractivity (Wildman–Crippen MR) is 237 cm³/mol. The van der Waals surface area contributed by atoms with E-state index in [1.807, 2.05) is 46.6 Å². The Morgan fingerprint density at radius 3 is 1.96 bits per heavy atom. The van der Waals surface area contributed by atoms with Crippen molar-refractivity contribution >= 4 is 113 Å². The van der Waals surface area contributed by atoms with E-state index in [1.54, 1.807) is 0 Å². The number of benzene rings is 8. The van der Waals surface area contributed by atoms with Gasteiger partial charge in [0.2, 0.25) is 0 Å². The molecule has 7 heteroatoms. The maximum Gasteiger partial charge on any atom is 0.333 e. The average molecular weight is 771 g/mol.